The predicted molar refractivity (Wildman–Crippen MR) is 93.2 cm³/mol. The fourth-order valence-corrected chi connectivity index (χ4v) is 3.63. The van der Waals surface area contributed by atoms with E-state index in [1.807, 2.05) is 24.3 Å². The zero-order chi connectivity index (χ0) is 18.2. The number of hydrogen-bond acceptors (Lipinski definition) is 5. The number of carbonyl (C=O) groups excluding carboxylic acids is 1. The Bertz CT molecular complexity index is 528. The van der Waals surface area contributed by atoms with E-state index in [2.05, 4.69) is 6.92 Å². The first-order valence-electron chi connectivity index (χ1n) is 9.26. The van der Waals surface area contributed by atoms with Gasteiger partial charge < -0.3 is 24.9 Å². The summed E-state index contributed by atoms with van der Waals surface area (Å²) in [7, 11) is 0. The number of carboxylic acids is 1. The SMILES string of the molecule is CC/C=C/C[C@H](O)/C=C/[C@@H]1[C@H]2C/C(=C/CCCC(=O)[O-])O[C@H]2C[C@H]1O.[Na+]. The number of unbranched alkanes of at least 4 members (excludes halogenated alkanes) is 1. The first-order chi connectivity index (χ1) is 12.0. The monoisotopic (exact) mass is 372 g/mol. The van der Waals surface area contributed by atoms with Gasteiger partial charge in [0.15, 0.2) is 0 Å². The van der Waals surface area contributed by atoms with Crippen molar-refractivity contribution in [1.82, 2.24) is 0 Å². The smallest absolute Gasteiger partial charge is 0.550 e. The maximum absolute atomic E-state index is 10.4. The van der Waals surface area contributed by atoms with Gasteiger partial charge in [0, 0.05) is 30.6 Å². The maximum atomic E-state index is 10.4. The molecule has 0 unspecified atom stereocenters. The molecule has 140 valence electrons. The Hall–Kier alpha value is -0.590. The van der Waals surface area contributed by atoms with E-state index in [-0.39, 0.29) is 53.9 Å². The summed E-state index contributed by atoms with van der Waals surface area (Å²) >= 11 is 0. The van der Waals surface area contributed by atoms with Crippen LogP contribution in [0.15, 0.2) is 36.1 Å². The van der Waals surface area contributed by atoms with Gasteiger partial charge in [-0.3, -0.25) is 0 Å². The second-order valence-electron chi connectivity index (χ2n) is 6.91. The summed E-state index contributed by atoms with van der Waals surface area (Å²) in [6.45, 7) is 2.05. The molecule has 0 amide bonds. The average molecular weight is 372 g/mol. The van der Waals surface area contributed by atoms with Crippen LogP contribution in [-0.4, -0.2) is 34.5 Å². The number of allylic oxidation sites excluding steroid dienone is 3. The number of ether oxygens (including phenoxy) is 1. The van der Waals surface area contributed by atoms with Crippen molar-refractivity contribution in [3.63, 3.8) is 0 Å². The average Bonchev–Trinajstić information content (AvgIpc) is 3.06. The summed E-state index contributed by atoms with van der Waals surface area (Å²) < 4.78 is 5.91. The number of carboxylic acid groups (broad SMARTS) is 1. The van der Waals surface area contributed by atoms with Gasteiger partial charge in [-0.1, -0.05) is 31.2 Å². The number of aliphatic hydroxyl groups is 2. The minimum atomic E-state index is -1.02. The van der Waals surface area contributed by atoms with E-state index in [4.69, 9.17) is 4.74 Å². The molecule has 2 N–H and O–H groups in total. The summed E-state index contributed by atoms with van der Waals surface area (Å²) in [6.07, 6.45) is 12.9. The van der Waals surface area contributed by atoms with Gasteiger partial charge in [-0.2, -0.15) is 0 Å². The van der Waals surface area contributed by atoms with Crippen LogP contribution in [0.25, 0.3) is 0 Å². The molecule has 6 heteroatoms. The Morgan fingerprint density at radius 3 is 2.88 bits per heavy atom. The molecule has 1 saturated heterocycles. The number of aliphatic carboxylic acids is 1. The molecule has 0 aromatic rings. The maximum Gasteiger partial charge on any atom is 1.00 e. The third kappa shape index (κ3) is 7.20. The van der Waals surface area contributed by atoms with Crippen LogP contribution >= 0.6 is 0 Å². The second kappa shape index (κ2) is 12.0. The molecule has 0 spiro atoms. The molecule has 0 aromatic carbocycles. The standard InChI is InChI=1S/C20H30O5.Na/c1-2-3-4-7-14(21)10-11-16-17-12-15(8-5-6-9-20(23)24)25-19(17)13-18(16)22;/h3-4,8,10-11,14,16-19,21-22H,2,5-7,9,12-13H2,1H3,(H,23,24);/q;+1/p-1/b4-3+,11-10+,15-8-;/t14-,16+,17+,18+,19-;/m0./s1. The predicted octanol–water partition coefficient (Wildman–Crippen LogP) is -1.15. The Morgan fingerprint density at radius 2 is 2.19 bits per heavy atom. The molecule has 1 saturated carbocycles. The molecule has 0 aromatic heterocycles. The Kier molecular flexibility index (Phi) is 10.8. The van der Waals surface area contributed by atoms with Gasteiger partial charge in [-0.05, 0) is 38.2 Å². The summed E-state index contributed by atoms with van der Waals surface area (Å²) in [5.41, 5.74) is 0. The Balaban J connectivity index is 0.00000338. The van der Waals surface area contributed by atoms with Gasteiger partial charge in [0.25, 0.3) is 0 Å². The van der Waals surface area contributed by atoms with Gasteiger partial charge in [-0.25, -0.2) is 0 Å². The van der Waals surface area contributed by atoms with Crippen molar-refractivity contribution in [2.24, 2.45) is 11.8 Å². The van der Waals surface area contributed by atoms with Crippen molar-refractivity contribution in [1.29, 1.82) is 0 Å². The Labute approximate surface area is 178 Å². The van der Waals surface area contributed by atoms with Crippen molar-refractivity contribution in [3.8, 4) is 0 Å². The summed E-state index contributed by atoms with van der Waals surface area (Å²) in [4.78, 5) is 10.4. The van der Waals surface area contributed by atoms with Crippen LogP contribution < -0.4 is 34.7 Å². The second-order valence-corrected chi connectivity index (χ2v) is 6.91. The fraction of sp³-hybridized carbons (Fsp3) is 0.650. The van der Waals surface area contributed by atoms with Gasteiger partial charge in [0.05, 0.1) is 18.0 Å². The zero-order valence-electron chi connectivity index (χ0n) is 15.8. The fourth-order valence-electron chi connectivity index (χ4n) is 3.63. The molecule has 0 radical (unpaired) electrons. The van der Waals surface area contributed by atoms with Crippen molar-refractivity contribution in [2.75, 3.05) is 0 Å². The van der Waals surface area contributed by atoms with Crippen LogP contribution in [0.3, 0.4) is 0 Å². The molecular weight excluding hydrogens is 343 g/mol. The van der Waals surface area contributed by atoms with Crippen LogP contribution in [-0.2, 0) is 9.53 Å². The summed E-state index contributed by atoms with van der Waals surface area (Å²) in [5, 5.41) is 30.7. The number of fused-ring (bicyclic) bond motifs is 1. The molecule has 1 heterocycles. The van der Waals surface area contributed by atoms with Crippen molar-refractivity contribution in [2.45, 2.75) is 70.2 Å². The molecule has 0 bridgehead atoms. The summed E-state index contributed by atoms with van der Waals surface area (Å²) in [5.74, 6) is 0.0781. The topological polar surface area (TPSA) is 89.8 Å². The third-order valence-electron chi connectivity index (χ3n) is 4.92. The first kappa shape index (κ1) is 23.4. The van der Waals surface area contributed by atoms with Gasteiger partial charge in [-0.15, -0.1) is 0 Å². The zero-order valence-corrected chi connectivity index (χ0v) is 17.8. The van der Waals surface area contributed by atoms with Crippen LogP contribution in [0.4, 0.5) is 0 Å². The van der Waals surface area contributed by atoms with Crippen molar-refractivity contribution < 1.29 is 54.4 Å². The van der Waals surface area contributed by atoms with E-state index in [9.17, 15) is 20.1 Å². The third-order valence-corrected chi connectivity index (χ3v) is 4.92. The van der Waals surface area contributed by atoms with Crippen LogP contribution in [0, 0.1) is 11.8 Å². The molecule has 2 fully saturated rings. The normalized spacial score (nSPS) is 30.5. The van der Waals surface area contributed by atoms with Gasteiger partial charge in [0.2, 0.25) is 0 Å². The quantitative estimate of drug-likeness (QED) is 0.303. The molecule has 2 aliphatic rings. The Morgan fingerprint density at radius 1 is 1.42 bits per heavy atom. The largest absolute Gasteiger partial charge is 1.00 e. The molecule has 1 aliphatic carbocycles. The van der Waals surface area contributed by atoms with Crippen LogP contribution in [0.5, 0.6) is 0 Å². The molecule has 26 heavy (non-hydrogen) atoms. The van der Waals surface area contributed by atoms with Crippen molar-refractivity contribution in [3.05, 3.63) is 36.1 Å². The molecule has 2 rings (SSSR count). The molecule has 1 aliphatic heterocycles. The molecular formula is C20H29NaO5. The van der Waals surface area contributed by atoms with E-state index in [0.717, 1.165) is 18.6 Å². The number of aliphatic hydroxyl groups excluding tert-OH is 2. The van der Waals surface area contributed by atoms with E-state index >= 15 is 0 Å². The number of hydrogen-bond donors (Lipinski definition) is 2. The number of carbonyl (C=O) groups is 1. The number of rotatable bonds is 9. The van der Waals surface area contributed by atoms with Crippen molar-refractivity contribution >= 4 is 5.97 Å². The van der Waals surface area contributed by atoms with Crippen LogP contribution in [0.1, 0.15) is 51.9 Å². The van der Waals surface area contributed by atoms with E-state index in [0.29, 0.717) is 25.7 Å². The van der Waals surface area contributed by atoms with Crippen LogP contribution in [0.2, 0.25) is 0 Å². The van der Waals surface area contributed by atoms with E-state index in [1.54, 1.807) is 6.08 Å². The minimum Gasteiger partial charge on any atom is -0.550 e. The molecule has 5 nitrogen and oxygen atoms in total. The first-order valence-corrected chi connectivity index (χ1v) is 9.26. The molecule has 5 atom stereocenters. The summed E-state index contributed by atoms with van der Waals surface area (Å²) in [6, 6.07) is 0. The van der Waals surface area contributed by atoms with Gasteiger partial charge >= 0.3 is 29.6 Å². The minimum absolute atomic E-state index is 0. The van der Waals surface area contributed by atoms with E-state index in [1.165, 1.54) is 0 Å². The van der Waals surface area contributed by atoms with Gasteiger partial charge in [0.1, 0.15) is 6.10 Å². The van der Waals surface area contributed by atoms with E-state index < -0.39 is 18.2 Å².